The average molecular weight is 391 g/mol. The molecule has 0 fully saturated rings. The summed E-state index contributed by atoms with van der Waals surface area (Å²) in [6, 6.07) is 20.4. The van der Waals surface area contributed by atoms with E-state index in [4.69, 9.17) is 11.6 Å². The third-order valence-electron chi connectivity index (χ3n) is 4.48. The standard InChI is InChI=1S/C22H15ClN2O3/c23-15-7-9-16(10-8-15)24-20(26)13-14-5-11-17(12-6-14)25-21(27)18-3-1-2-4-19(18)22(25)28/h1-12H,13H2,(H,24,26). The number of carbonyl (C=O) groups excluding carboxylic acids is 3. The molecule has 4 rings (SSSR count). The van der Waals surface area contributed by atoms with Crippen LogP contribution in [0.1, 0.15) is 26.3 Å². The maximum Gasteiger partial charge on any atom is 0.266 e. The van der Waals surface area contributed by atoms with Crippen LogP contribution in [0.25, 0.3) is 0 Å². The maximum atomic E-state index is 12.5. The summed E-state index contributed by atoms with van der Waals surface area (Å²) in [5, 5.41) is 3.40. The fourth-order valence-corrected chi connectivity index (χ4v) is 3.24. The molecule has 0 aliphatic carbocycles. The SMILES string of the molecule is O=C(Cc1ccc(N2C(=O)c3ccccc3C2=O)cc1)Nc1ccc(Cl)cc1. The highest BCUT2D eigenvalue weighted by molar-refractivity contribution is 6.34. The fraction of sp³-hybridized carbons (Fsp3) is 0.0455. The summed E-state index contributed by atoms with van der Waals surface area (Å²) < 4.78 is 0. The largest absolute Gasteiger partial charge is 0.326 e. The van der Waals surface area contributed by atoms with Crippen LogP contribution in [0.2, 0.25) is 5.02 Å². The molecule has 5 nitrogen and oxygen atoms in total. The Morgan fingerprint density at radius 3 is 1.96 bits per heavy atom. The highest BCUT2D eigenvalue weighted by Gasteiger charge is 2.36. The third-order valence-corrected chi connectivity index (χ3v) is 4.73. The minimum absolute atomic E-state index is 0.171. The van der Waals surface area contributed by atoms with Gasteiger partial charge >= 0.3 is 0 Å². The van der Waals surface area contributed by atoms with E-state index in [1.165, 1.54) is 0 Å². The lowest BCUT2D eigenvalue weighted by molar-refractivity contribution is -0.115. The van der Waals surface area contributed by atoms with Gasteiger partial charge in [0.05, 0.1) is 23.2 Å². The maximum absolute atomic E-state index is 12.5. The molecule has 1 aliphatic rings. The first-order valence-corrected chi connectivity index (χ1v) is 9.03. The smallest absolute Gasteiger partial charge is 0.266 e. The normalized spacial score (nSPS) is 12.8. The van der Waals surface area contributed by atoms with Crippen molar-refractivity contribution in [2.45, 2.75) is 6.42 Å². The number of amides is 3. The number of nitrogens with zero attached hydrogens (tertiary/aromatic N) is 1. The quantitative estimate of drug-likeness (QED) is 0.674. The molecule has 28 heavy (non-hydrogen) atoms. The molecule has 3 aromatic carbocycles. The van der Waals surface area contributed by atoms with Crippen molar-refractivity contribution in [1.82, 2.24) is 0 Å². The summed E-state index contributed by atoms with van der Waals surface area (Å²) in [7, 11) is 0. The fourth-order valence-electron chi connectivity index (χ4n) is 3.11. The molecule has 0 saturated heterocycles. The van der Waals surface area contributed by atoms with Crippen molar-refractivity contribution >= 4 is 40.7 Å². The van der Waals surface area contributed by atoms with Crippen LogP contribution in [0.4, 0.5) is 11.4 Å². The van der Waals surface area contributed by atoms with Gasteiger partial charge in [-0.1, -0.05) is 35.9 Å². The Kier molecular flexibility index (Phi) is 4.67. The molecule has 3 aromatic rings. The van der Waals surface area contributed by atoms with Crippen LogP contribution in [0.5, 0.6) is 0 Å². The molecule has 6 heteroatoms. The zero-order valence-electron chi connectivity index (χ0n) is 14.7. The molecular weight excluding hydrogens is 376 g/mol. The van der Waals surface area contributed by atoms with E-state index in [2.05, 4.69) is 5.32 Å². The zero-order valence-corrected chi connectivity index (χ0v) is 15.4. The first kappa shape index (κ1) is 17.9. The van der Waals surface area contributed by atoms with Crippen molar-refractivity contribution in [3.8, 4) is 0 Å². The summed E-state index contributed by atoms with van der Waals surface area (Å²) in [6.07, 6.45) is 0.172. The number of fused-ring (bicyclic) bond motifs is 1. The van der Waals surface area contributed by atoms with Crippen LogP contribution < -0.4 is 10.2 Å². The molecule has 138 valence electrons. The molecule has 1 heterocycles. The van der Waals surface area contributed by atoms with Gasteiger partial charge < -0.3 is 5.32 Å². The molecular formula is C22H15ClN2O3. The minimum Gasteiger partial charge on any atom is -0.326 e. The Bertz CT molecular complexity index is 1040. The van der Waals surface area contributed by atoms with Gasteiger partial charge in [-0.2, -0.15) is 0 Å². The number of benzene rings is 3. The Morgan fingerprint density at radius 1 is 0.821 bits per heavy atom. The first-order chi connectivity index (χ1) is 13.5. The number of hydrogen-bond acceptors (Lipinski definition) is 3. The van der Waals surface area contributed by atoms with Crippen LogP contribution in [0.3, 0.4) is 0 Å². The molecule has 3 amide bonds. The van der Waals surface area contributed by atoms with E-state index in [-0.39, 0.29) is 24.1 Å². The molecule has 0 saturated carbocycles. The summed E-state index contributed by atoms with van der Waals surface area (Å²) in [5.41, 5.74) is 2.72. The number of rotatable bonds is 4. The van der Waals surface area contributed by atoms with Crippen LogP contribution in [-0.2, 0) is 11.2 Å². The molecule has 0 aromatic heterocycles. The number of anilines is 2. The van der Waals surface area contributed by atoms with Crippen molar-refractivity contribution < 1.29 is 14.4 Å². The Hall–Kier alpha value is -3.44. The molecule has 0 unspecified atom stereocenters. The van der Waals surface area contributed by atoms with E-state index < -0.39 is 0 Å². The van der Waals surface area contributed by atoms with E-state index >= 15 is 0 Å². The molecule has 1 N–H and O–H groups in total. The third kappa shape index (κ3) is 3.40. The first-order valence-electron chi connectivity index (χ1n) is 8.65. The lowest BCUT2D eigenvalue weighted by Crippen LogP contribution is -2.29. The summed E-state index contributed by atoms with van der Waals surface area (Å²) in [6.45, 7) is 0. The zero-order chi connectivity index (χ0) is 19.7. The van der Waals surface area contributed by atoms with Gasteiger partial charge in [-0.05, 0) is 54.1 Å². The molecule has 0 bridgehead atoms. The predicted octanol–water partition coefficient (Wildman–Crippen LogP) is 4.32. The lowest BCUT2D eigenvalue weighted by Gasteiger charge is -2.14. The second kappa shape index (κ2) is 7.29. The van der Waals surface area contributed by atoms with E-state index in [1.54, 1.807) is 72.8 Å². The molecule has 1 aliphatic heterocycles. The van der Waals surface area contributed by atoms with Crippen molar-refractivity contribution in [3.05, 3.63) is 94.5 Å². The minimum atomic E-state index is -0.339. The second-order valence-corrected chi connectivity index (χ2v) is 6.83. The van der Waals surface area contributed by atoms with Gasteiger partial charge in [0.2, 0.25) is 5.91 Å². The Balaban J connectivity index is 1.46. The van der Waals surface area contributed by atoms with Crippen molar-refractivity contribution in [1.29, 1.82) is 0 Å². The Labute approximate surface area is 166 Å². The van der Waals surface area contributed by atoms with Gasteiger partial charge in [0.15, 0.2) is 0 Å². The van der Waals surface area contributed by atoms with Gasteiger partial charge in [-0.15, -0.1) is 0 Å². The summed E-state index contributed by atoms with van der Waals surface area (Å²) >= 11 is 5.83. The van der Waals surface area contributed by atoms with Gasteiger partial charge in [-0.3, -0.25) is 14.4 Å². The monoisotopic (exact) mass is 390 g/mol. The van der Waals surface area contributed by atoms with E-state index in [1.807, 2.05) is 0 Å². The number of carbonyl (C=O) groups is 3. The van der Waals surface area contributed by atoms with Crippen LogP contribution in [0, 0.1) is 0 Å². The number of imide groups is 1. The molecule has 0 radical (unpaired) electrons. The molecule has 0 spiro atoms. The number of halogens is 1. The highest BCUT2D eigenvalue weighted by atomic mass is 35.5. The molecule has 0 atom stereocenters. The summed E-state index contributed by atoms with van der Waals surface area (Å²) in [5.74, 6) is -0.849. The van der Waals surface area contributed by atoms with Gasteiger partial charge in [-0.25, -0.2) is 4.90 Å². The van der Waals surface area contributed by atoms with Crippen LogP contribution >= 0.6 is 11.6 Å². The average Bonchev–Trinajstić information content (AvgIpc) is 2.95. The highest BCUT2D eigenvalue weighted by Crippen LogP contribution is 2.28. The van der Waals surface area contributed by atoms with E-state index in [0.29, 0.717) is 27.5 Å². The van der Waals surface area contributed by atoms with Gasteiger partial charge in [0.25, 0.3) is 11.8 Å². The lowest BCUT2D eigenvalue weighted by atomic mass is 10.1. The van der Waals surface area contributed by atoms with Crippen molar-refractivity contribution in [2.24, 2.45) is 0 Å². The van der Waals surface area contributed by atoms with E-state index in [0.717, 1.165) is 10.5 Å². The van der Waals surface area contributed by atoms with E-state index in [9.17, 15) is 14.4 Å². The number of hydrogen-bond donors (Lipinski definition) is 1. The topological polar surface area (TPSA) is 66.5 Å². The number of nitrogens with one attached hydrogen (secondary N) is 1. The van der Waals surface area contributed by atoms with Gasteiger partial charge in [0, 0.05) is 10.7 Å². The van der Waals surface area contributed by atoms with Gasteiger partial charge in [0.1, 0.15) is 0 Å². The Morgan fingerprint density at radius 2 is 1.39 bits per heavy atom. The van der Waals surface area contributed by atoms with Crippen molar-refractivity contribution in [3.63, 3.8) is 0 Å². The van der Waals surface area contributed by atoms with Crippen molar-refractivity contribution in [2.75, 3.05) is 10.2 Å². The second-order valence-electron chi connectivity index (χ2n) is 6.39. The van der Waals surface area contributed by atoms with Crippen LogP contribution in [-0.4, -0.2) is 17.7 Å². The summed E-state index contributed by atoms with van der Waals surface area (Å²) in [4.78, 5) is 38.4. The predicted molar refractivity (Wildman–Crippen MR) is 108 cm³/mol. The van der Waals surface area contributed by atoms with Crippen LogP contribution in [0.15, 0.2) is 72.8 Å².